The van der Waals surface area contributed by atoms with E-state index in [0.717, 1.165) is 48.6 Å². The molecule has 4 atom stereocenters. The Morgan fingerprint density at radius 1 is 1.11 bits per heavy atom. The molecule has 148 valence electrons. The summed E-state index contributed by atoms with van der Waals surface area (Å²) in [4.78, 5) is 27.2. The molecule has 0 radical (unpaired) electrons. The SMILES string of the molecule is Cl.Cl.NC1C2CCC(C2)C1C(=O)N1CCN(c2ncnc3sccc23)CC1. The van der Waals surface area contributed by atoms with Crippen LogP contribution in [0, 0.1) is 17.8 Å². The third-order valence-electron chi connectivity index (χ3n) is 6.40. The number of fused-ring (bicyclic) bond motifs is 3. The number of thiophene rings is 1. The van der Waals surface area contributed by atoms with E-state index in [0.29, 0.717) is 17.7 Å². The highest BCUT2D eigenvalue weighted by molar-refractivity contribution is 7.16. The zero-order chi connectivity index (χ0) is 17.0. The van der Waals surface area contributed by atoms with E-state index < -0.39 is 0 Å². The van der Waals surface area contributed by atoms with Gasteiger partial charge < -0.3 is 15.5 Å². The average molecular weight is 430 g/mol. The summed E-state index contributed by atoms with van der Waals surface area (Å²) in [5.74, 6) is 2.46. The molecule has 1 saturated heterocycles. The molecule has 5 rings (SSSR count). The van der Waals surface area contributed by atoms with E-state index in [1.807, 2.05) is 4.90 Å². The number of amides is 1. The molecule has 27 heavy (non-hydrogen) atoms. The lowest BCUT2D eigenvalue weighted by atomic mass is 9.84. The Balaban J connectivity index is 0.00000105. The number of nitrogens with zero attached hydrogens (tertiary/aromatic N) is 4. The first kappa shape index (κ1) is 20.6. The van der Waals surface area contributed by atoms with Crippen molar-refractivity contribution in [3.05, 3.63) is 17.8 Å². The molecule has 0 aromatic carbocycles. The molecule has 0 spiro atoms. The summed E-state index contributed by atoms with van der Waals surface area (Å²) >= 11 is 1.64. The lowest BCUT2D eigenvalue weighted by Gasteiger charge is -2.39. The normalized spacial score (nSPS) is 29.5. The summed E-state index contributed by atoms with van der Waals surface area (Å²) in [6.07, 6.45) is 5.20. The van der Waals surface area contributed by atoms with Crippen LogP contribution in [0.1, 0.15) is 19.3 Å². The summed E-state index contributed by atoms with van der Waals surface area (Å²) < 4.78 is 0. The van der Waals surface area contributed by atoms with Gasteiger partial charge in [0.1, 0.15) is 17.0 Å². The van der Waals surface area contributed by atoms with E-state index in [2.05, 4.69) is 26.3 Å². The quantitative estimate of drug-likeness (QED) is 0.793. The fourth-order valence-electron chi connectivity index (χ4n) is 5.08. The van der Waals surface area contributed by atoms with E-state index in [4.69, 9.17) is 5.73 Å². The third-order valence-corrected chi connectivity index (χ3v) is 7.22. The minimum atomic E-state index is 0. The largest absolute Gasteiger partial charge is 0.352 e. The number of rotatable bonds is 2. The van der Waals surface area contributed by atoms with E-state index in [1.54, 1.807) is 17.7 Å². The van der Waals surface area contributed by atoms with Crippen LogP contribution in [0.3, 0.4) is 0 Å². The Labute approximate surface area is 175 Å². The van der Waals surface area contributed by atoms with Crippen molar-refractivity contribution in [2.24, 2.45) is 23.5 Å². The Morgan fingerprint density at radius 3 is 2.56 bits per heavy atom. The molecule has 6 nitrogen and oxygen atoms in total. The van der Waals surface area contributed by atoms with Crippen LogP contribution in [0.2, 0.25) is 0 Å². The lowest BCUT2D eigenvalue weighted by molar-refractivity contribution is -0.138. The highest BCUT2D eigenvalue weighted by Gasteiger charge is 2.50. The Hall–Kier alpha value is -1.15. The molecule has 2 saturated carbocycles. The van der Waals surface area contributed by atoms with Gasteiger partial charge >= 0.3 is 0 Å². The molecular weight excluding hydrogens is 405 g/mol. The molecule has 3 heterocycles. The average Bonchev–Trinajstić information content (AvgIpc) is 3.36. The van der Waals surface area contributed by atoms with Gasteiger partial charge in [0.25, 0.3) is 0 Å². The third kappa shape index (κ3) is 3.39. The summed E-state index contributed by atoms with van der Waals surface area (Å²) in [6.45, 7) is 3.16. The molecule has 1 amide bonds. The highest BCUT2D eigenvalue weighted by Crippen LogP contribution is 2.48. The lowest BCUT2D eigenvalue weighted by Crippen LogP contribution is -2.54. The molecule has 9 heteroatoms. The van der Waals surface area contributed by atoms with E-state index in [9.17, 15) is 4.79 Å². The van der Waals surface area contributed by atoms with Gasteiger partial charge in [-0.2, -0.15) is 0 Å². The van der Waals surface area contributed by atoms with Gasteiger partial charge in [-0.15, -0.1) is 36.2 Å². The summed E-state index contributed by atoms with van der Waals surface area (Å²) in [7, 11) is 0. The number of anilines is 1. The van der Waals surface area contributed by atoms with Crippen molar-refractivity contribution in [3.8, 4) is 0 Å². The molecule has 1 aliphatic heterocycles. The molecule has 2 aromatic rings. The van der Waals surface area contributed by atoms with Crippen LogP contribution in [0.15, 0.2) is 17.8 Å². The minimum Gasteiger partial charge on any atom is -0.352 e. The molecule has 3 aliphatic rings. The molecule has 2 aliphatic carbocycles. The van der Waals surface area contributed by atoms with Gasteiger partial charge in [-0.05, 0) is 42.5 Å². The smallest absolute Gasteiger partial charge is 0.227 e. The standard InChI is InChI=1S/C18H23N5OS.2ClH/c19-15-12-2-1-11(9-12)14(15)18(24)23-6-4-22(5-7-23)16-13-3-8-25-17(13)21-10-20-16;;/h3,8,10-12,14-15H,1-2,4-7,9,19H2;2*1H. The summed E-state index contributed by atoms with van der Waals surface area (Å²) in [5.41, 5.74) is 6.37. The zero-order valence-electron chi connectivity index (χ0n) is 15.0. The van der Waals surface area contributed by atoms with Crippen molar-refractivity contribution in [2.75, 3.05) is 31.1 Å². The predicted octanol–water partition coefficient (Wildman–Crippen LogP) is 2.56. The van der Waals surface area contributed by atoms with Crippen LogP contribution in [0.4, 0.5) is 5.82 Å². The number of carbonyl (C=O) groups is 1. The molecule has 2 N–H and O–H groups in total. The molecule has 4 unspecified atom stereocenters. The van der Waals surface area contributed by atoms with Gasteiger partial charge in [-0.3, -0.25) is 4.79 Å². The fourth-order valence-corrected chi connectivity index (χ4v) is 5.81. The van der Waals surface area contributed by atoms with Gasteiger partial charge in [0, 0.05) is 32.2 Å². The van der Waals surface area contributed by atoms with Crippen LogP contribution in [0.25, 0.3) is 10.2 Å². The maximum absolute atomic E-state index is 13.0. The maximum Gasteiger partial charge on any atom is 0.227 e. The second kappa shape index (κ2) is 8.07. The first-order chi connectivity index (χ1) is 12.2. The topological polar surface area (TPSA) is 75.4 Å². The predicted molar refractivity (Wildman–Crippen MR) is 113 cm³/mol. The number of hydrogen-bond acceptors (Lipinski definition) is 6. The van der Waals surface area contributed by atoms with Crippen molar-refractivity contribution in [3.63, 3.8) is 0 Å². The number of piperazine rings is 1. The van der Waals surface area contributed by atoms with E-state index in [-0.39, 0.29) is 36.8 Å². The first-order valence-electron chi connectivity index (χ1n) is 9.20. The van der Waals surface area contributed by atoms with Crippen LogP contribution in [-0.2, 0) is 4.79 Å². The van der Waals surface area contributed by atoms with Crippen LogP contribution in [-0.4, -0.2) is 53.0 Å². The van der Waals surface area contributed by atoms with Gasteiger partial charge in [0.15, 0.2) is 0 Å². The van der Waals surface area contributed by atoms with E-state index >= 15 is 0 Å². The first-order valence-corrected chi connectivity index (χ1v) is 10.1. The maximum atomic E-state index is 13.0. The molecule has 2 bridgehead atoms. The second-order valence-corrected chi connectivity index (χ2v) is 8.48. The molecule has 3 fully saturated rings. The molecular formula is C18H25Cl2N5OS. The summed E-state index contributed by atoms with van der Waals surface area (Å²) in [6, 6.07) is 2.16. The number of nitrogens with two attached hydrogens (primary N) is 1. The Bertz CT molecular complexity index is 808. The van der Waals surface area contributed by atoms with Crippen LogP contribution in [0.5, 0.6) is 0 Å². The minimum absolute atomic E-state index is 0. The van der Waals surface area contributed by atoms with Gasteiger partial charge in [-0.25, -0.2) is 9.97 Å². The fraction of sp³-hybridized carbons (Fsp3) is 0.611. The van der Waals surface area contributed by atoms with E-state index in [1.165, 1.54) is 12.8 Å². The highest BCUT2D eigenvalue weighted by atomic mass is 35.5. The van der Waals surface area contributed by atoms with Crippen molar-refractivity contribution in [2.45, 2.75) is 25.3 Å². The van der Waals surface area contributed by atoms with Crippen molar-refractivity contribution in [1.29, 1.82) is 0 Å². The number of halogens is 2. The van der Waals surface area contributed by atoms with Gasteiger partial charge in [0.05, 0.1) is 11.3 Å². The number of carbonyl (C=O) groups excluding carboxylic acids is 1. The molecule has 2 aromatic heterocycles. The van der Waals surface area contributed by atoms with Gasteiger partial charge in [-0.1, -0.05) is 0 Å². The second-order valence-electron chi connectivity index (χ2n) is 7.59. The van der Waals surface area contributed by atoms with Crippen LogP contribution < -0.4 is 10.6 Å². The van der Waals surface area contributed by atoms with Crippen molar-refractivity contribution in [1.82, 2.24) is 14.9 Å². The van der Waals surface area contributed by atoms with Crippen molar-refractivity contribution >= 4 is 58.1 Å². The summed E-state index contributed by atoms with van der Waals surface area (Å²) in [5, 5.41) is 3.17. The number of aromatic nitrogens is 2. The zero-order valence-corrected chi connectivity index (χ0v) is 17.4. The number of hydrogen-bond donors (Lipinski definition) is 1. The van der Waals surface area contributed by atoms with Crippen molar-refractivity contribution < 1.29 is 4.79 Å². The monoisotopic (exact) mass is 429 g/mol. The van der Waals surface area contributed by atoms with Crippen LogP contribution >= 0.6 is 36.2 Å². The Kier molecular flexibility index (Phi) is 6.15. The van der Waals surface area contributed by atoms with Gasteiger partial charge in [0.2, 0.25) is 5.91 Å². The Morgan fingerprint density at radius 2 is 1.85 bits per heavy atom.